The van der Waals surface area contributed by atoms with Gasteiger partial charge in [-0.05, 0) is 50.4 Å². The maximum absolute atomic E-state index is 9.62. The fraction of sp³-hybridized carbons (Fsp3) is 0.538. The molecule has 1 atom stereocenters. The van der Waals surface area contributed by atoms with Crippen molar-refractivity contribution in [3.05, 3.63) is 24.3 Å². The Morgan fingerprint density at radius 2 is 2.12 bits per heavy atom. The van der Waals surface area contributed by atoms with Crippen LogP contribution in [-0.2, 0) is 0 Å². The number of phenolic OH excluding ortho intramolecular Hbond substituents is 1. The van der Waals surface area contributed by atoms with Crippen LogP contribution in [0.4, 0.5) is 5.69 Å². The van der Waals surface area contributed by atoms with Gasteiger partial charge in [0.2, 0.25) is 0 Å². The highest BCUT2D eigenvalue weighted by atomic mass is 16.3. The van der Waals surface area contributed by atoms with Gasteiger partial charge in [-0.1, -0.05) is 12.1 Å². The van der Waals surface area contributed by atoms with E-state index in [1.165, 1.54) is 19.3 Å². The van der Waals surface area contributed by atoms with Gasteiger partial charge in [0.15, 0.2) is 0 Å². The summed E-state index contributed by atoms with van der Waals surface area (Å²) in [6, 6.07) is 7.42. The Kier molecular flexibility index (Phi) is 4.05. The minimum absolute atomic E-state index is 0.342. The first-order valence-electron chi connectivity index (χ1n) is 6.09. The Labute approximate surface area is 96.9 Å². The molecule has 0 spiro atoms. The number of phenols is 1. The lowest BCUT2D eigenvalue weighted by Gasteiger charge is -2.15. The third kappa shape index (κ3) is 3.14. The zero-order valence-corrected chi connectivity index (χ0v) is 9.58. The van der Waals surface area contributed by atoms with E-state index in [0.717, 1.165) is 31.2 Å². The number of hydrogen-bond donors (Lipinski definition) is 3. The lowest BCUT2D eigenvalue weighted by molar-refractivity contribution is 0.472. The molecule has 3 heteroatoms. The number of anilines is 1. The molecule has 3 nitrogen and oxygen atoms in total. The van der Waals surface area contributed by atoms with Crippen LogP contribution >= 0.6 is 0 Å². The van der Waals surface area contributed by atoms with Crippen LogP contribution in [0.1, 0.15) is 19.3 Å². The lowest BCUT2D eigenvalue weighted by atomic mass is 10.0. The molecule has 0 bridgehead atoms. The Bertz CT molecular complexity index is 319. The summed E-state index contributed by atoms with van der Waals surface area (Å²) in [7, 11) is 0. The molecule has 2 rings (SSSR count). The van der Waals surface area contributed by atoms with E-state index in [2.05, 4.69) is 10.6 Å². The number of aromatic hydroxyl groups is 1. The molecule has 0 aliphatic carbocycles. The molecule has 1 aromatic carbocycles. The summed E-state index contributed by atoms with van der Waals surface area (Å²) in [4.78, 5) is 0. The molecular weight excluding hydrogens is 200 g/mol. The Morgan fingerprint density at radius 1 is 1.25 bits per heavy atom. The molecule has 88 valence electrons. The van der Waals surface area contributed by atoms with E-state index in [1.54, 1.807) is 6.07 Å². The SMILES string of the molecule is Oc1ccccc1NCC1CCCNCC1. The van der Waals surface area contributed by atoms with Crippen LogP contribution < -0.4 is 10.6 Å². The third-order valence-corrected chi connectivity index (χ3v) is 3.18. The topological polar surface area (TPSA) is 44.3 Å². The lowest BCUT2D eigenvalue weighted by Crippen LogP contribution is -2.17. The normalized spacial score (nSPS) is 21.4. The number of hydrogen-bond acceptors (Lipinski definition) is 3. The van der Waals surface area contributed by atoms with E-state index in [1.807, 2.05) is 18.2 Å². The third-order valence-electron chi connectivity index (χ3n) is 3.18. The molecule has 1 aromatic rings. The van der Waals surface area contributed by atoms with Gasteiger partial charge < -0.3 is 15.7 Å². The van der Waals surface area contributed by atoms with Gasteiger partial charge in [-0.3, -0.25) is 0 Å². The Morgan fingerprint density at radius 3 is 3.00 bits per heavy atom. The molecule has 0 amide bonds. The highest BCUT2D eigenvalue weighted by Crippen LogP contribution is 2.23. The minimum Gasteiger partial charge on any atom is -0.506 e. The summed E-state index contributed by atoms with van der Waals surface area (Å²) in [5.41, 5.74) is 0.847. The fourth-order valence-electron chi connectivity index (χ4n) is 2.17. The summed E-state index contributed by atoms with van der Waals surface area (Å²) < 4.78 is 0. The second kappa shape index (κ2) is 5.75. The van der Waals surface area contributed by atoms with Gasteiger partial charge in [0.25, 0.3) is 0 Å². The summed E-state index contributed by atoms with van der Waals surface area (Å²) >= 11 is 0. The van der Waals surface area contributed by atoms with Crippen LogP contribution in [0.15, 0.2) is 24.3 Å². The van der Waals surface area contributed by atoms with E-state index >= 15 is 0 Å². The number of nitrogens with one attached hydrogen (secondary N) is 2. The van der Waals surface area contributed by atoms with Crippen molar-refractivity contribution in [2.75, 3.05) is 25.0 Å². The largest absolute Gasteiger partial charge is 0.506 e. The molecule has 1 saturated heterocycles. The summed E-state index contributed by atoms with van der Waals surface area (Å²) in [5, 5.41) is 16.4. The molecule has 1 aliphatic rings. The van der Waals surface area contributed by atoms with Gasteiger partial charge in [-0.25, -0.2) is 0 Å². The highest BCUT2D eigenvalue weighted by Gasteiger charge is 2.11. The highest BCUT2D eigenvalue weighted by molar-refractivity contribution is 5.55. The van der Waals surface area contributed by atoms with Crippen LogP contribution in [-0.4, -0.2) is 24.7 Å². The molecule has 1 heterocycles. The average Bonchev–Trinajstić information content (AvgIpc) is 2.56. The van der Waals surface area contributed by atoms with Crippen molar-refractivity contribution in [3.63, 3.8) is 0 Å². The van der Waals surface area contributed by atoms with Gasteiger partial charge in [0.05, 0.1) is 5.69 Å². The van der Waals surface area contributed by atoms with Crippen LogP contribution in [0.25, 0.3) is 0 Å². The maximum Gasteiger partial charge on any atom is 0.138 e. The monoisotopic (exact) mass is 220 g/mol. The van der Waals surface area contributed by atoms with E-state index in [4.69, 9.17) is 0 Å². The molecule has 3 N–H and O–H groups in total. The van der Waals surface area contributed by atoms with Gasteiger partial charge in [-0.15, -0.1) is 0 Å². The number of rotatable bonds is 3. The van der Waals surface area contributed by atoms with E-state index in [-0.39, 0.29) is 0 Å². The first-order chi connectivity index (χ1) is 7.86. The van der Waals surface area contributed by atoms with Crippen LogP contribution in [0, 0.1) is 5.92 Å². The first-order valence-corrected chi connectivity index (χ1v) is 6.09. The molecule has 0 radical (unpaired) electrons. The molecular formula is C13H20N2O. The minimum atomic E-state index is 0.342. The van der Waals surface area contributed by atoms with Crippen molar-refractivity contribution in [3.8, 4) is 5.75 Å². The van der Waals surface area contributed by atoms with Crippen LogP contribution in [0.2, 0.25) is 0 Å². The second-order valence-electron chi connectivity index (χ2n) is 4.44. The Balaban J connectivity index is 1.84. The summed E-state index contributed by atoms with van der Waals surface area (Å²) in [6.07, 6.45) is 3.75. The maximum atomic E-state index is 9.62. The molecule has 0 saturated carbocycles. The fourth-order valence-corrected chi connectivity index (χ4v) is 2.17. The molecule has 0 aromatic heterocycles. The molecule has 1 unspecified atom stereocenters. The van der Waals surface area contributed by atoms with Crippen molar-refractivity contribution in [2.45, 2.75) is 19.3 Å². The summed E-state index contributed by atoms with van der Waals surface area (Å²) in [5.74, 6) is 1.06. The van der Waals surface area contributed by atoms with Crippen molar-refractivity contribution < 1.29 is 5.11 Å². The zero-order chi connectivity index (χ0) is 11.2. The smallest absolute Gasteiger partial charge is 0.138 e. The van der Waals surface area contributed by atoms with Gasteiger partial charge in [0.1, 0.15) is 5.75 Å². The standard InChI is InChI=1S/C13H20N2O/c16-13-6-2-1-5-12(13)15-10-11-4-3-8-14-9-7-11/h1-2,5-6,11,14-16H,3-4,7-10H2. The van der Waals surface area contributed by atoms with Crippen LogP contribution in [0.5, 0.6) is 5.75 Å². The van der Waals surface area contributed by atoms with E-state index < -0.39 is 0 Å². The molecule has 1 fully saturated rings. The second-order valence-corrected chi connectivity index (χ2v) is 4.44. The number of para-hydroxylation sites is 2. The van der Waals surface area contributed by atoms with Crippen molar-refractivity contribution in [1.29, 1.82) is 0 Å². The van der Waals surface area contributed by atoms with E-state index in [0.29, 0.717) is 5.75 Å². The molecule has 1 aliphatic heterocycles. The quantitative estimate of drug-likeness (QED) is 0.684. The van der Waals surface area contributed by atoms with Gasteiger partial charge in [-0.2, -0.15) is 0 Å². The first kappa shape index (κ1) is 11.3. The predicted octanol–water partition coefficient (Wildman–Crippen LogP) is 2.19. The van der Waals surface area contributed by atoms with E-state index in [9.17, 15) is 5.11 Å². The van der Waals surface area contributed by atoms with Crippen molar-refractivity contribution in [2.24, 2.45) is 5.92 Å². The predicted molar refractivity (Wildman–Crippen MR) is 66.8 cm³/mol. The van der Waals surface area contributed by atoms with Crippen LogP contribution in [0.3, 0.4) is 0 Å². The summed E-state index contributed by atoms with van der Waals surface area (Å²) in [6.45, 7) is 3.22. The van der Waals surface area contributed by atoms with Gasteiger partial charge in [0, 0.05) is 6.54 Å². The van der Waals surface area contributed by atoms with Crippen molar-refractivity contribution >= 4 is 5.69 Å². The van der Waals surface area contributed by atoms with Gasteiger partial charge >= 0.3 is 0 Å². The number of benzene rings is 1. The Hall–Kier alpha value is -1.22. The molecule has 16 heavy (non-hydrogen) atoms. The zero-order valence-electron chi connectivity index (χ0n) is 9.58. The average molecular weight is 220 g/mol. The van der Waals surface area contributed by atoms with Crippen molar-refractivity contribution in [1.82, 2.24) is 5.32 Å².